The summed E-state index contributed by atoms with van der Waals surface area (Å²) in [5, 5.41) is 0. The van der Waals surface area contributed by atoms with Crippen molar-refractivity contribution in [3.05, 3.63) is 29.6 Å². The normalized spacial score (nSPS) is 14.5. The maximum absolute atomic E-state index is 11.9. The van der Waals surface area contributed by atoms with E-state index in [-0.39, 0.29) is 6.61 Å². The Labute approximate surface area is 116 Å². The van der Waals surface area contributed by atoms with E-state index in [1.165, 1.54) is 12.8 Å². The molecule has 2 aromatic rings. The van der Waals surface area contributed by atoms with E-state index >= 15 is 0 Å². The molecule has 104 valence electrons. The fraction of sp³-hybridized carbons (Fsp3) is 0.400. The number of fused-ring (bicyclic) bond motifs is 1. The van der Waals surface area contributed by atoms with Crippen molar-refractivity contribution >= 4 is 22.8 Å². The van der Waals surface area contributed by atoms with Crippen LogP contribution >= 0.6 is 0 Å². The summed E-state index contributed by atoms with van der Waals surface area (Å²) in [6.07, 6.45) is 2.35. The van der Waals surface area contributed by atoms with Crippen molar-refractivity contribution in [2.24, 2.45) is 0 Å². The number of ether oxygens (including phenoxy) is 1. The third kappa shape index (κ3) is 2.09. The van der Waals surface area contributed by atoms with Crippen LogP contribution in [0.5, 0.6) is 0 Å². The van der Waals surface area contributed by atoms with Gasteiger partial charge in [0.15, 0.2) is 0 Å². The summed E-state index contributed by atoms with van der Waals surface area (Å²) >= 11 is 0. The van der Waals surface area contributed by atoms with E-state index < -0.39 is 11.8 Å². The Morgan fingerprint density at radius 3 is 2.80 bits per heavy atom. The molecule has 1 aliphatic carbocycles. The lowest BCUT2D eigenvalue weighted by Crippen LogP contribution is -2.17. The number of imidazole rings is 1. The van der Waals surface area contributed by atoms with Crippen LogP contribution in [-0.4, -0.2) is 27.9 Å². The van der Waals surface area contributed by atoms with Crippen LogP contribution < -0.4 is 0 Å². The SMILES string of the molecule is CCOC(=O)C(=O)c1ccc2c(c1)nc(C)n2C1CC1. The molecule has 1 aromatic carbocycles. The number of hydrogen-bond acceptors (Lipinski definition) is 4. The van der Waals surface area contributed by atoms with Crippen LogP contribution in [0.3, 0.4) is 0 Å². The Balaban J connectivity index is 1.99. The maximum Gasteiger partial charge on any atom is 0.379 e. The Morgan fingerprint density at radius 1 is 1.40 bits per heavy atom. The van der Waals surface area contributed by atoms with Crippen LogP contribution in [0.2, 0.25) is 0 Å². The fourth-order valence-corrected chi connectivity index (χ4v) is 2.47. The molecular formula is C15H16N2O3. The summed E-state index contributed by atoms with van der Waals surface area (Å²) in [6.45, 7) is 3.84. The lowest BCUT2D eigenvalue weighted by molar-refractivity contribution is -0.137. The first kappa shape index (κ1) is 12.8. The van der Waals surface area contributed by atoms with Gasteiger partial charge in [-0.15, -0.1) is 0 Å². The number of carbonyl (C=O) groups excluding carboxylic acids is 2. The molecule has 0 saturated heterocycles. The Morgan fingerprint density at radius 2 is 2.15 bits per heavy atom. The monoisotopic (exact) mass is 272 g/mol. The van der Waals surface area contributed by atoms with E-state index in [0.29, 0.717) is 11.6 Å². The quantitative estimate of drug-likeness (QED) is 0.487. The minimum absolute atomic E-state index is 0.197. The number of ketones is 1. The molecule has 0 spiro atoms. The zero-order valence-corrected chi connectivity index (χ0v) is 11.5. The van der Waals surface area contributed by atoms with Gasteiger partial charge in [0, 0.05) is 11.6 Å². The molecule has 5 nitrogen and oxygen atoms in total. The number of benzene rings is 1. The molecule has 1 heterocycles. The first-order valence-electron chi connectivity index (χ1n) is 6.82. The second kappa shape index (κ2) is 4.74. The molecule has 1 aromatic heterocycles. The van der Waals surface area contributed by atoms with Gasteiger partial charge in [-0.3, -0.25) is 4.79 Å². The van der Waals surface area contributed by atoms with Gasteiger partial charge in [0.05, 0.1) is 17.6 Å². The van der Waals surface area contributed by atoms with E-state index in [4.69, 9.17) is 4.74 Å². The van der Waals surface area contributed by atoms with Crippen LogP contribution in [-0.2, 0) is 9.53 Å². The molecule has 0 N–H and O–H groups in total. The molecule has 5 heteroatoms. The smallest absolute Gasteiger partial charge is 0.379 e. The van der Waals surface area contributed by atoms with Gasteiger partial charge in [0.1, 0.15) is 5.82 Å². The van der Waals surface area contributed by atoms with Gasteiger partial charge < -0.3 is 9.30 Å². The molecule has 0 atom stereocenters. The molecule has 1 aliphatic rings. The third-order valence-corrected chi connectivity index (χ3v) is 3.50. The lowest BCUT2D eigenvalue weighted by atomic mass is 10.1. The zero-order chi connectivity index (χ0) is 14.3. The number of carbonyl (C=O) groups is 2. The molecule has 1 saturated carbocycles. The highest BCUT2D eigenvalue weighted by molar-refractivity contribution is 6.40. The molecule has 20 heavy (non-hydrogen) atoms. The second-order valence-corrected chi connectivity index (χ2v) is 5.01. The molecule has 1 fully saturated rings. The molecule has 0 bridgehead atoms. The highest BCUT2D eigenvalue weighted by Gasteiger charge is 2.27. The number of rotatable bonds is 4. The van der Waals surface area contributed by atoms with E-state index in [2.05, 4.69) is 9.55 Å². The van der Waals surface area contributed by atoms with E-state index in [9.17, 15) is 9.59 Å². The van der Waals surface area contributed by atoms with Crippen LogP contribution in [0.1, 0.15) is 42.0 Å². The third-order valence-electron chi connectivity index (χ3n) is 3.50. The van der Waals surface area contributed by atoms with Crippen LogP contribution in [0, 0.1) is 6.92 Å². The zero-order valence-electron chi connectivity index (χ0n) is 11.5. The van der Waals surface area contributed by atoms with Crippen molar-refractivity contribution < 1.29 is 14.3 Å². The summed E-state index contributed by atoms with van der Waals surface area (Å²) in [5.41, 5.74) is 2.10. The van der Waals surface area contributed by atoms with Gasteiger partial charge in [-0.1, -0.05) is 0 Å². The number of aromatic nitrogens is 2. The minimum Gasteiger partial charge on any atom is -0.460 e. The summed E-state index contributed by atoms with van der Waals surface area (Å²) < 4.78 is 6.94. The van der Waals surface area contributed by atoms with Crippen molar-refractivity contribution in [1.29, 1.82) is 0 Å². The first-order chi connectivity index (χ1) is 9.61. The predicted octanol–water partition coefficient (Wildman–Crippen LogP) is 2.43. The van der Waals surface area contributed by atoms with Crippen molar-refractivity contribution in [2.75, 3.05) is 6.61 Å². The number of Topliss-reactive ketones (excluding diaryl/α,β-unsaturated/α-hetero) is 1. The highest BCUT2D eigenvalue weighted by atomic mass is 16.5. The predicted molar refractivity (Wildman–Crippen MR) is 73.7 cm³/mol. The van der Waals surface area contributed by atoms with Gasteiger partial charge in [0.2, 0.25) is 0 Å². The van der Waals surface area contributed by atoms with Crippen molar-refractivity contribution in [3.63, 3.8) is 0 Å². The van der Waals surface area contributed by atoms with E-state index in [0.717, 1.165) is 16.9 Å². The molecule has 0 unspecified atom stereocenters. The van der Waals surface area contributed by atoms with Crippen molar-refractivity contribution in [2.45, 2.75) is 32.7 Å². The molecule has 0 amide bonds. The Bertz CT molecular complexity index is 698. The van der Waals surface area contributed by atoms with E-state index in [1.807, 2.05) is 13.0 Å². The minimum atomic E-state index is -0.815. The number of nitrogens with zero attached hydrogens (tertiary/aromatic N) is 2. The van der Waals surface area contributed by atoms with Gasteiger partial charge in [-0.05, 0) is 44.9 Å². The fourth-order valence-electron chi connectivity index (χ4n) is 2.47. The van der Waals surface area contributed by atoms with Crippen LogP contribution in [0.4, 0.5) is 0 Å². The van der Waals surface area contributed by atoms with Gasteiger partial charge in [-0.25, -0.2) is 9.78 Å². The molecule has 0 radical (unpaired) electrons. The summed E-state index contributed by atoms with van der Waals surface area (Å²) in [5.74, 6) is -0.485. The van der Waals surface area contributed by atoms with Crippen LogP contribution in [0.25, 0.3) is 11.0 Å². The molecular weight excluding hydrogens is 256 g/mol. The van der Waals surface area contributed by atoms with Gasteiger partial charge in [0.25, 0.3) is 5.78 Å². The molecule has 0 aliphatic heterocycles. The number of esters is 1. The second-order valence-electron chi connectivity index (χ2n) is 5.01. The van der Waals surface area contributed by atoms with Crippen molar-refractivity contribution in [3.8, 4) is 0 Å². The number of hydrogen-bond donors (Lipinski definition) is 0. The van der Waals surface area contributed by atoms with Crippen molar-refractivity contribution in [1.82, 2.24) is 9.55 Å². The van der Waals surface area contributed by atoms with Gasteiger partial charge in [-0.2, -0.15) is 0 Å². The summed E-state index contributed by atoms with van der Waals surface area (Å²) in [6, 6.07) is 5.73. The topological polar surface area (TPSA) is 61.2 Å². The summed E-state index contributed by atoms with van der Waals surface area (Å²) in [4.78, 5) is 27.9. The van der Waals surface area contributed by atoms with Gasteiger partial charge >= 0.3 is 5.97 Å². The average molecular weight is 272 g/mol. The van der Waals surface area contributed by atoms with Crippen LogP contribution in [0.15, 0.2) is 18.2 Å². The maximum atomic E-state index is 11.9. The lowest BCUT2D eigenvalue weighted by Gasteiger charge is -2.04. The van der Waals surface area contributed by atoms with E-state index in [1.54, 1.807) is 19.1 Å². The Kier molecular flexibility index (Phi) is 3.04. The highest BCUT2D eigenvalue weighted by Crippen LogP contribution is 2.38. The first-order valence-corrected chi connectivity index (χ1v) is 6.82. The molecule has 3 rings (SSSR count). The standard InChI is InChI=1S/C15H16N2O3/c1-3-20-15(19)14(18)10-4-7-13-12(8-10)16-9(2)17(13)11-5-6-11/h4,7-8,11H,3,5-6H2,1-2H3. The average Bonchev–Trinajstić information content (AvgIpc) is 3.20. The Hall–Kier alpha value is -2.17. The summed E-state index contributed by atoms with van der Waals surface area (Å²) in [7, 11) is 0. The number of aryl methyl sites for hydroxylation is 1. The largest absolute Gasteiger partial charge is 0.460 e.